The Morgan fingerprint density at radius 1 is 0.821 bits per heavy atom. The van der Waals surface area contributed by atoms with Crippen LogP contribution in [0.2, 0.25) is 0 Å². The lowest BCUT2D eigenvalue weighted by Gasteiger charge is -2.12. The minimum Gasteiger partial charge on any atom is -0.282 e. The summed E-state index contributed by atoms with van der Waals surface area (Å²) < 4.78 is 62.2. The Bertz CT molecular complexity index is 1030. The van der Waals surface area contributed by atoms with Crippen LogP contribution in [-0.2, 0) is 26.7 Å². The average Bonchev–Trinajstić information content (AvgIpc) is 2.64. The van der Waals surface area contributed by atoms with Crippen LogP contribution in [0.5, 0.6) is 0 Å². The molecule has 0 amide bonds. The Balaban J connectivity index is 1.89. The van der Waals surface area contributed by atoms with Gasteiger partial charge in [-0.1, -0.05) is 42.5 Å². The van der Waals surface area contributed by atoms with Gasteiger partial charge >= 0.3 is 0 Å². The monoisotopic (exact) mass is 422 g/mol. The molecule has 1 unspecified atom stereocenters. The zero-order chi connectivity index (χ0) is 20.8. The zero-order valence-electron chi connectivity index (χ0n) is 15.1. The van der Waals surface area contributed by atoms with E-state index in [-0.39, 0.29) is 15.7 Å². The van der Waals surface area contributed by atoms with Crippen LogP contribution in [0.1, 0.15) is 29.9 Å². The fourth-order valence-electron chi connectivity index (χ4n) is 2.72. The smallest absolute Gasteiger partial charge is 0.282 e. The molecule has 0 fully saturated rings. The Morgan fingerprint density at radius 3 is 1.79 bits per heavy atom. The van der Waals surface area contributed by atoms with Crippen molar-refractivity contribution >= 4 is 20.2 Å². The van der Waals surface area contributed by atoms with E-state index in [1.807, 2.05) is 12.2 Å². The van der Waals surface area contributed by atoms with Gasteiger partial charge in [0.05, 0.1) is 9.79 Å². The minimum absolute atomic E-state index is 0.0501. The van der Waals surface area contributed by atoms with Crippen LogP contribution in [-0.4, -0.2) is 25.9 Å². The summed E-state index contributed by atoms with van der Waals surface area (Å²) in [7, 11) is -8.37. The lowest BCUT2D eigenvalue weighted by atomic mass is 9.94. The lowest BCUT2D eigenvalue weighted by molar-refractivity contribution is 0.481. The molecule has 0 heterocycles. The molecular weight excluding hydrogens is 400 g/mol. The fraction of sp³-hybridized carbons (Fsp3) is 0.200. The standard InChI is InChI=1S/C20H22O6S2/c1-2-17(18-10-14-20(15-11-18)28(24,25)26)7-5-3-4-6-16-8-12-19(13-9-16)27(21,22)23/h2-4,8-15,17H,1,5-7H2,(H,21,22,23)(H,24,25,26)/b4-3+. The quantitative estimate of drug-likeness (QED) is 0.466. The maximum absolute atomic E-state index is 11.1. The van der Waals surface area contributed by atoms with E-state index >= 15 is 0 Å². The summed E-state index contributed by atoms with van der Waals surface area (Å²) >= 11 is 0. The molecule has 1 atom stereocenters. The first-order chi connectivity index (χ1) is 13.1. The Labute approximate surface area is 165 Å². The van der Waals surface area contributed by atoms with Gasteiger partial charge in [-0.2, -0.15) is 16.8 Å². The molecule has 6 nitrogen and oxygen atoms in total. The van der Waals surface area contributed by atoms with Gasteiger partial charge in [0.2, 0.25) is 0 Å². The first kappa shape index (κ1) is 22.0. The molecule has 28 heavy (non-hydrogen) atoms. The van der Waals surface area contributed by atoms with E-state index in [4.69, 9.17) is 9.11 Å². The first-order valence-corrected chi connectivity index (χ1v) is 11.4. The molecule has 0 bridgehead atoms. The van der Waals surface area contributed by atoms with E-state index in [9.17, 15) is 16.8 Å². The van der Waals surface area contributed by atoms with Crippen molar-refractivity contribution in [2.75, 3.05) is 0 Å². The van der Waals surface area contributed by atoms with Crippen molar-refractivity contribution in [1.29, 1.82) is 0 Å². The zero-order valence-corrected chi connectivity index (χ0v) is 16.7. The molecule has 2 aromatic carbocycles. The van der Waals surface area contributed by atoms with Gasteiger partial charge in [0.15, 0.2) is 0 Å². The average molecular weight is 423 g/mol. The summed E-state index contributed by atoms with van der Waals surface area (Å²) in [5.74, 6) is 0.0501. The van der Waals surface area contributed by atoms with Crippen LogP contribution in [0.3, 0.4) is 0 Å². The maximum atomic E-state index is 11.1. The van der Waals surface area contributed by atoms with Crippen molar-refractivity contribution in [3.05, 3.63) is 84.5 Å². The third-order valence-electron chi connectivity index (χ3n) is 4.28. The fourth-order valence-corrected chi connectivity index (χ4v) is 3.68. The van der Waals surface area contributed by atoms with E-state index in [0.29, 0.717) is 6.42 Å². The molecule has 0 aliphatic carbocycles. The Morgan fingerprint density at radius 2 is 1.32 bits per heavy atom. The van der Waals surface area contributed by atoms with E-state index < -0.39 is 20.2 Å². The van der Waals surface area contributed by atoms with Crippen LogP contribution in [0.4, 0.5) is 0 Å². The summed E-state index contributed by atoms with van der Waals surface area (Å²) in [5, 5.41) is 0. The van der Waals surface area contributed by atoms with Gasteiger partial charge in [-0.05, 0) is 54.7 Å². The second kappa shape index (κ2) is 9.29. The van der Waals surface area contributed by atoms with Crippen LogP contribution in [0.15, 0.2) is 83.1 Å². The number of allylic oxidation sites excluding steroid dienone is 3. The second-order valence-corrected chi connectivity index (χ2v) is 9.10. The highest BCUT2D eigenvalue weighted by Crippen LogP contribution is 2.24. The Hall–Kier alpha value is -2.26. The third kappa shape index (κ3) is 6.42. The molecule has 0 spiro atoms. The highest BCUT2D eigenvalue weighted by Gasteiger charge is 2.11. The number of rotatable bonds is 9. The first-order valence-electron chi connectivity index (χ1n) is 8.52. The highest BCUT2D eigenvalue weighted by atomic mass is 32.2. The number of hydrogen-bond donors (Lipinski definition) is 2. The third-order valence-corrected chi connectivity index (χ3v) is 6.01. The van der Waals surface area contributed by atoms with Crippen LogP contribution in [0, 0.1) is 0 Å². The molecule has 0 radical (unpaired) electrons. The van der Waals surface area contributed by atoms with Gasteiger partial charge in [-0.3, -0.25) is 9.11 Å². The molecule has 2 rings (SSSR count). The maximum Gasteiger partial charge on any atom is 0.294 e. The van der Waals surface area contributed by atoms with Crippen LogP contribution >= 0.6 is 0 Å². The Kier molecular flexibility index (Phi) is 7.31. The summed E-state index contributed by atoms with van der Waals surface area (Å²) in [4.78, 5) is -0.270. The van der Waals surface area contributed by atoms with Gasteiger partial charge in [0.1, 0.15) is 0 Å². The van der Waals surface area contributed by atoms with Crippen LogP contribution < -0.4 is 0 Å². The molecular formula is C20H22O6S2. The molecule has 2 aromatic rings. The van der Waals surface area contributed by atoms with Crippen molar-refractivity contribution in [1.82, 2.24) is 0 Å². The summed E-state index contributed by atoms with van der Waals surface area (Å²) in [6.07, 6.45) is 7.98. The summed E-state index contributed by atoms with van der Waals surface area (Å²) in [5.41, 5.74) is 1.83. The van der Waals surface area contributed by atoms with Crippen molar-refractivity contribution < 1.29 is 25.9 Å². The van der Waals surface area contributed by atoms with E-state index in [1.54, 1.807) is 30.3 Å². The predicted molar refractivity (Wildman–Crippen MR) is 108 cm³/mol. The van der Waals surface area contributed by atoms with Crippen molar-refractivity contribution in [2.24, 2.45) is 0 Å². The van der Waals surface area contributed by atoms with Crippen molar-refractivity contribution in [3.63, 3.8) is 0 Å². The van der Waals surface area contributed by atoms with Crippen LogP contribution in [0.25, 0.3) is 0 Å². The molecule has 8 heteroatoms. The number of benzene rings is 2. The molecule has 0 saturated carbocycles. The molecule has 0 aliphatic heterocycles. The molecule has 0 saturated heterocycles. The van der Waals surface area contributed by atoms with Gasteiger partial charge < -0.3 is 0 Å². The highest BCUT2D eigenvalue weighted by molar-refractivity contribution is 7.86. The summed E-state index contributed by atoms with van der Waals surface area (Å²) in [6.45, 7) is 3.82. The molecule has 2 N–H and O–H groups in total. The van der Waals surface area contributed by atoms with Gasteiger partial charge in [0, 0.05) is 5.92 Å². The van der Waals surface area contributed by atoms with Gasteiger partial charge in [-0.15, -0.1) is 6.58 Å². The molecule has 0 aromatic heterocycles. The van der Waals surface area contributed by atoms with Crippen molar-refractivity contribution in [2.45, 2.75) is 35.0 Å². The summed E-state index contributed by atoms with van der Waals surface area (Å²) in [6, 6.07) is 12.1. The van der Waals surface area contributed by atoms with Crippen molar-refractivity contribution in [3.8, 4) is 0 Å². The lowest BCUT2D eigenvalue weighted by Crippen LogP contribution is -2.00. The minimum atomic E-state index is -4.20. The van der Waals surface area contributed by atoms with E-state index in [0.717, 1.165) is 24.0 Å². The number of hydrogen-bond acceptors (Lipinski definition) is 4. The molecule has 0 aliphatic rings. The van der Waals surface area contributed by atoms with Gasteiger partial charge in [0.25, 0.3) is 20.2 Å². The van der Waals surface area contributed by atoms with E-state index in [2.05, 4.69) is 6.58 Å². The second-order valence-electron chi connectivity index (χ2n) is 6.26. The van der Waals surface area contributed by atoms with Gasteiger partial charge in [-0.25, -0.2) is 0 Å². The molecule has 150 valence electrons. The SMILES string of the molecule is C=CC(CC/C=C/Cc1ccc(S(=O)(=O)O)cc1)c1ccc(S(=O)(=O)O)cc1. The topological polar surface area (TPSA) is 109 Å². The predicted octanol–water partition coefficient (Wildman–Crippen LogP) is 4.03. The largest absolute Gasteiger partial charge is 0.294 e. The van der Waals surface area contributed by atoms with E-state index in [1.165, 1.54) is 24.3 Å². The normalized spacial score (nSPS) is 13.5.